The largest absolute Gasteiger partial charge is 0.372 e. The highest BCUT2D eigenvalue weighted by Crippen LogP contribution is 2.22. The van der Waals surface area contributed by atoms with Crippen LogP contribution in [-0.4, -0.2) is 24.1 Å². The topological polar surface area (TPSA) is 51.2 Å². The Kier molecular flexibility index (Phi) is 4.65. The summed E-state index contributed by atoms with van der Waals surface area (Å²) in [6.45, 7) is 4.47. The molecule has 0 saturated carbocycles. The summed E-state index contributed by atoms with van der Waals surface area (Å²) in [5, 5.41) is 5.85. The third kappa shape index (κ3) is 3.87. The lowest BCUT2D eigenvalue weighted by atomic mass is 10.1. The maximum absolute atomic E-state index is 11.5. The molecule has 0 unspecified atom stereocenters. The number of benzene rings is 1. The zero-order valence-corrected chi connectivity index (χ0v) is 11.8. The van der Waals surface area contributed by atoms with Crippen molar-refractivity contribution in [3.8, 4) is 11.3 Å². The van der Waals surface area contributed by atoms with E-state index < -0.39 is 0 Å². The minimum absolute atomic E-state index is 0.0868. The Hall–Kier alpha value is -1.72. The number of hydrogen-bond acceptors (Lipinski definition) is 4. The number of carbonyl (C=O) groups is 1. The normalized spacial score (nSPS) is 10.4. The first-order valence-corrected chi connectivity index (χ1v) is 6.97. The van der Waals surface area contributed by atoms with Crippen molar-refractivity contribution in [2.24, 2.45) is 0 Å². The van der Waals surface area contributed by atoms with Gasteiger partial charge in [0.2, 0.25) is 5.91 Å². The molecule has 19 heavy (non-hydrogen) atoms. The summed E-state index contributed by atoms with van der Waals surface area (Å²) >= 11 is 1.63. The number of hydrogen-bond donors (Lipinski definition) is 1. The number of ether oxygens (including phenoxy) is 1. The van der Waals surface area contributed by atoms with Gasteiger partial charge in [-0.1, -0.05) is 12.1 Å². The van der Waals surface area contributed by atoms with E-state index in [1.54, 1.807) is 11.3 Å². The fourth-order valence-electron chi connectivity index (χ4n) is 1.61. The van der Waals surface area contributed by atoms with Crippen LogP contribution in [0.1, 0.15) is 11.9 Å². The summed E-state index contributed by atoms with van der Waals surface area (Å²) in [5.41, 5.74) is 2.78. The Morgan fingerprint density at radius 1 is 1.37 bits per heavy atom. The van der Waals surface area contributed by atoms with Gasteiger partial charge in [0.15, 0.2) is 0 Å². The van der Waals surface area contributed by atoms with Crippen LogP contribution in [0.25, 0.3) is 11.3 Å². The van der Waals surface area contributed by atoms with E-state index in [4.69, 9.17) is 4.74 Å². The zero-order valence-electron chi connectivity index (χ0n) is 11.0. The molecule has 0 aliphatic heterocycles. The Bertz CT molecular complexity index is 549. The molecule has 0 fully saturated rings. The molecule has 0 saturated heterocycles. The monoisotopic (exact) mass is 276 g/mol. The van der Waals surface area contributed by atoms with Gasteiger partial charge >= 0.3 is 0 Å². The van der Waals surface area contributed by atoms with Crippen LogP contribution in [0.3, 0.4) is 0 Å². The standard InChI is InChI=1S/C14H16N2O2S/c1-3-18-8-14(17)16-12-6-4-11(5-7-12)13-9-19-10(2)15-13/h4-7,9H,3,8H2,1-2H3,(H,16,17). The van der Waals surface area contributed by atoms with Crippen molar-refractivity contribution in [1.29, 1.82) is 0 Å². The van der Waals surface area contributed by atoms with E-state index in [-0.39, 0.29) is 12.5 Å². The van der Waals surface area contributed by atoms with E-state index in [2.05, 4.69) is 10.3 Å². The number of aryl methyl sites for hydroxylation is 1. The van der Waals surface area contributed by atoms with Crippen molar-refractivity contribution >= 4 is 22.9 Å². The molecule has 4 nitrogen and oxygen atoms in total. The Morgan fingerprint density at radius 2 is 2.11 bits per heavy atom. The fourth-order valence-corrected chi connectivity index (χ4v) is 2.23. The first-order chi connectivity index (χ1) is 9.19. The highest BCUT2D eigenvalue weighted by Gasteiger charge is 2.04. The molecule has 1 aromatic heterocycles. The van der Waals surface area contributed by atoms with Crippen LogP contribution in [0.4, 0.5) is 5.69 Å². The smallest absolute Gasteiger partial charge is 0.250 e. The van der Waals surface area contributed by atoms with E-state index in [1.165, 1.54) is 0 Å². The van der Waals surface area contributed by atoms with Gasteiger partial charge in [0, 0.05) is 23.2 Å². The number of nitrogens with zero attached hydrogens (tertiary/aromatic N) is 1. The molecule has 1 N–H and O–H groups in total. The number of nitrogens with one attached hydrogen (secondary N) is 1. The summed E-state index contributed by atoms with van der Waals surface area (Å²) < 4.78 is 5.04. The van der Waals surface area contributed by atoms with E-state index in [0.29, 0.717) is 6.61 Å². The zero-order chi connectivity index (χ0) is 13.7. The summed E-state index contributed by atoms with van der Waals surface area (Å²) in [5.74, 6) is -0.140. The van der Waals surface area contributed by atoms with Crippen LogP contribution in [0, 0.1) is 6.92 Å². The molecule has 0 bridgehead atoms. The van der Waals surface area contributed by atoms with Crippen molar-refractivity contribution in [2.45, 2.75) is 13.8 Å². The predicted octanol–water partition coefficient (Wildman–Crippen LogP) is 3.09. The number of thiazole rings is 1. The van der Waals surface area contributed by atoms with Gasteiger partial charge in [-0.2, -0.15) is 0 Å². The number of amides is 1. The van der Waals surface area contributed by atoms with Crippen LogP contribution in [0.15, 0.2) is 29.6 Å². The summed E-state index contributed by atoms with van der Waals surface area (Å²) in [7, 11) is 0. The maximum atomic E-state index is 11.5. The molecular formula is C14H16N2O2S. The van der Waals surface area contributed by atoms with Crippen molar-refractivity contribution in [3.05, 3.63) is 34.7 Å². The van der Waals surface area contributed by atoms with E-state index >= 15 is 0 Å². The van der Waals surface area contributed by atoms with Crippen LogP contribution < -0.4 is 5.32 Å². The highest BCUT2D eigenvalue weighted by atomic mass is 32.1. The second kappa shape index (κ2) is 6.45. The summed E-state index contributed by atoms with van der Waals surface area (Å²) in [6.07, 6.45) is 0. The van der Waals surface area contributed by atoms with Crippen molar-refractivity contribution in [2.75, 3.05) is 18.5 Å². The fraction of sp³-hybridized carbons (Fsp3) is 0.286. The Balaban J connectivity index is 2.00. The molecule has 0 aliphatic carbocycles. The molecule has 1 heterocycles. The van der Waals surface area contributed by atoms with E-state index in [0.717, 1.165) is 22.0 Å². The summed E-state index contributed by atoms with van der Waals surface area (Å²) in [4.78, 5) is 15.9. The predicted molar refractivity (Wildman–Crippen MR) is 77.4 cm³/mol. The van der Waals surface area contributed by atoms with Crippen LogP contribution in [0.5, 0.6) is 0 Å². The quantitative estimate of drug-likeness (QED) is 0.913. The highest BCUT2D eigenvalue weighted by molar-refractivity contribution is 7.09. The molecule has 100 valence electrons. The minimum atomic E-state index is -0.140. The van der Waals surface area contributed by atoms with Crippen LogP contribution in [-0.2, 0) is 9.53 Å². The minimum Gasteiger partial charge on any atom is -0.372 e. The Morgan fingerprint density at radius 3 is 2.68 bits per heavy atom. The van der Waals surface area contributed by atoms with Gasteiger partial charge in [0.05, 0.1) is 10.7 Å². The molecule has 2 aromatic rings. The third-order valence-electron chi connectivity index (χ3n) is 2.52. The second-order valence-corrected chi connectivity index (χ2v) is 5.08. The van der Waals surface area contributed by atoms with Gasteiger partial charge in [-0.3, -0.25) is 4.79 Å². The first-order valence-electron chi connectivity index (χ1n) is 6.09. The van der Waals surface area contributed by atoms with Gasteiger partial charge in [0.1, 0.15) is 6.61 Å². The molecular weight excluding hydrogens is 260 g/mol. The van der Waals surface area contributed by atoms with Crippen molar-refractivity contribution < 1.29 is 9.53 Å². The van der Waals surface area contributed by atoms with Gasteiger partial charge < -0.3 is 10.1 Å². The molecule has 1 aromatic carbocycles. The Labute approximate surface area is 116 Å². The maximum Gasteiger partial charge on any atom is 0.250 e. The molecule has 0 radical (unpaired) electrons. The molecule has 1 amide bonds. The molecule has 5 heteroatoms. The van der Waals surface area contributed by atoms with E-state index in [9.17, 15) is 4.79 Å². The van der Waals surface area contributed by atoms with Gasteiger partial charge in [0.25, 0.3) is 0 Å². The average Bonchev–Trinajstić information content (AvgIpc) is 2.84. The summed E-state index contributed by atoms with van der Waals surface area (Å²) in [6, 6.07) is 7.64. The van der Waals surface area contributed by atoms with Gasteiger partial charge in [-0.15, -0.1) is 11.3 Å². The van der Waals surface area contributed by atoms with Crippen molar-refractivity contribution in [1.82, 2.24) is 4.98 Å². The first kappa shape index (κ1) is 13.7. The molecule has 0 atom stereocenters. The lowest BCUT2D eigenvalue weighted by molar-refractivity contribution is -0.120. The number of carbonyl (C=O) groups excluding carboxylic acids is 1. The second-order valence-electron chi connectivity index (χ2n) is 4.01. The van der Waals surface area contributed by atoms with E-state index in [1.807, 2.05) is 43.5 Å². The van der Waals surface area contributed by atoms with Gasteiger partial charge in [-0.25, -0.2) is 4.98 Å². The number of rotatable bonds is 5. The van der Waals surface area contributed by atoms with Crippen molar-refractivity contribution in [3.63, 3.8) is 0 Å². The third-order valence-corrected chi connectivity index (χ3v) is 3.29. The van der Waals surface area contributed by atoms with Crippen LogP contribution in [0.2, 0.25) is 0 Å². The molecule has 0 spiro atoms. The van der Waals surface area contributed by atoms with Crippen LogP contribution >= 0.6 is 11.3 Å². The molecule has 2 rings (SSSR count). The number of anilines is 1. The lowest BCUT2D eigenvalue weighted by Crippen LogP contribution is -2.18. The van der Waals surface area contributed by atoms with Gasteiger partial charge in [-0.05, 0) is 26.0 Å². The number of aromatic nitrogens is 1. The average molecular weight is 276 g/mol. The SMILES string of the molecule is CCOCC(=O)Nc1ccc(-c2csc(C)n2)cc1. The lowest BCUT2D eigenvalue weighted by Gasteiger charge is -2.05. The molecule has 0 aliphatic rings.